The first-order chi connectivity index (χ1) is 9.63. The van der Waals surface area contributed by atoms with Gasteiger partial charge in [0.25, 0.3) is 0 Å². The van der Waals surface area contributed by atoms with E-state index in [1.54, 1.807) is 7.11 Å². The highest BCUT2D eigenvalue weighted by Gasteiger charge is 2.14. The maximum atomic E-state index is 5.47. The van der Waals surface area contributed by atoms with E-state index in [9.17, 15) is 0 Å². The zero-order valence-corrected chi connectivity index (χ0v) is 14.5. The molecule has 0 bridgehead atoms. The van der Waals surface area contributed by atoms with E-state index >= 15 is 0 Å². The number of rotatable bonds is 2. The molecule has 1 heterocycles. The molecule has 20 heavy (non-hydrogen) atoms. The van der Waals surface area contributed by atoms with E-state index in [4.69, 9.17) is 17.0 Å². The monoisotopic (exact) mass is 412 g/mol. The van der Waals surface area contributed by atoms with E-state index in [-0.39, 0.29) is 0 Å². The van der Waals surface area contributed by atoms with Gasteiger partial charge in [0.15, 0.2) is 4.77 Å². The van der Waals surface area contributed by atoms with Crippen molar-refractivity contribution in [1.82, 2.24) is 9.55 Å². The van der Waals surface area contributed by atoms with E-state index in [1.165, 1.54) is 0 Å². The molecule has 0 saturated carbocycles. The first-order valence-electron chi connectivity index (χ1n) is 5.85. The third kappa shape index (κ3) is 2.12. The highest BCUT2D eigenvalue weighted by Crippen LogP contribution is 2.34. The van der Waals surface area contributed by atoms with Crippen molar-refractivity contribution in [2.24, 2.45) is 0 Å². The summed E-state index contributed by atoms with van der Waals surface area (Å²) in [7, 11) is 1.65. The van der Waals surface area contributed by atoms with E-state index in [2.05, 4.69) is 36.8 Å². The molecular weight excluding hydrogens is 404 g/mol. The fourth-order valence-corrected chi connectivity index (χ4v) is 3.84. The fraction of sp³-hybridized carbons (Fsp3) is 0.0714. The second kappa shape index (κ2) is 5.35. The van der Waals surface area contributed by atoms with Crippen LogP contribution in [0.5, 0.6) is 5.75 Å². The third-order valence-electron chi connectivity index (χ3n) is 3.06. The van der Waals surface area contributed by atoms with Crippen LogP contribution in [-0.4, -0.2) is 16.7 Å². The van der Waals surface area contributed by atoms with Crippen molar-refractivity contribution in [2.75, 3.05) is 7.11 Å². The Morgan fingerprint density at radius 1 is 1.10 bits per heavy atom. The summed E-state index contributed by atoms with van der Waals surface area (Å²) in [5.41, 5.74) is 2.83. The standard InChI is InChI=1S/C14H10Br2N2OS/c1-19-11-7-3-6-10-12(11)17-14(20)18(10)13-8(15)4-2-5-9(13)16/h2-7H,1H3,(H,17,20). The van der Waals surface area contributed by atoms with E-state index < -0.39 is 0 Å². The molecule has 0 unspecified atom stereocenters. The van der Waals surface area contributed by atoms with Crippen LogP contribution in [0.15, 0.2) is 45.3 Å². The third-order valence-corrected chi connectivity index (χ3v) is 4.63. The molecule has 0 amide bonds. The van der Waals surface area contributed by atoms with Crippen LogP contribution in [0.1, 0.15) is 0 Å². The van der Waals surface area contributed by atoms with Crippen molar-refractivity contribution in [1.29, 1.82) is 0 Å². The molecule has 0 spiro atoms. The number of H-pyrrole nitrogens is 1. The molecule has 1 N–H and O–H groups in total. The van der Waals surface area contributed by atoms with E-state index in [1.807, 2.05) is 41.0 Å². The van der Waals surface area contributed by atoms with Crippen LogP contribution in [0, 0.1) is 4.77 Å². The quantitative estimate of drug-likeness (QED) is 0.583. The van der Waals surface area contributed by atoms with Crippen LogP contribution >= 0.6 is 44.1 Å². The van der Waals surface area contributed by atoms with Crippen LogP contribution in [0.25, 0.3) is 16.7 Å². The van der Waals surface area contributed by atoms with Gasteiger partial charge in [-0.05, 0) is 68.3 Å². The molecule has 0 aliphatic carbocycles. The summed E-state index contributed by atoms with van der Waals surface area (Å²) < 4.78 is 9.92. The molecule has 0 aliphatic rings. The Balaban J connectivity index is 2.44. The van der Waals surface area contributed by atoms with Crippen LogP contribution < -0.4 is 4.74 Å². The first-order valence-corrected chi connectivity index (χ1v) is 7.85. The predicted molar refractivity (Wildman–Crippen MR) is 90.4 cm³/mol. The predicted octanol–water partition coefficient (Wildman–Crippen LogP) is 5.22. The number of nitrogens with zero attached hydrogens (tertiary/aromatic N) is 1. The number of benzene rings is 2. The summed E-state index contributed by atoms with van der Waals surface area (Å²) in [6, 6.07) is 11.8. The normalized spacial score (nSPS) is 10.9. The van der Waals surface area contributed by atoms with Crippen molar-refractivity contribution in [3.63, 3.8) is 0 Å². The highest BCUT2D eigenvalue weighted by atomic mass is 79.9. The lowest BCUT2D eigenvalue weighted by Gasteiger charge is -2.10. The van der Waals surface area contributed by atoms with Crippen LogP contribution in [-0.2, 0) is 0 Å². The lowest BCUT2D eigenvalue weighted by atomic mass is 10.2. The molecule has 0 saturated heterocycles. The lowest BCUT2D eigenvalue weighted by molar-refractivity contribution is 0.419. The molecule has 2 aromatic carbocycles. The minimum atomic E-state index is 0.622. The largest absolute Gasteiger partial charge is 0.494 e. The number of nitrogens with one attached hydrogen (secondary N) is 1. The SMILES string of the molecule is COc1cccc2c1[nH]c(=S)n2-c1c(Br)cccc1Br. The van der Waals surface area contributed by atoms with Crippen LogP contribution in [0.2, 0.25) is 0 Å². The Hall–Kier alpha value is -1.11. The number of methoxy groups -OCH3 is 1. The number of fused-ring (bicyclic) bond motifs is 1. The van der Waals surface area contributed by atoms with Crippen LogP contribution in [0.4, 0.5) is 0 Å². The molecule has 6 heteroatoms. The Bertz CT molecular complexity index is 834. The minimum Gasteiger partial charge on any atom is -0.494 e. The molecule has 3 rings (SSSR count). The van der Waals surface area contributed by atoms with Gasteiger partial charge >= 0.3 is 0 Å². The molecule has 3 aromatic rings. The van der Waals surface area contributed by atoms with Gasteiger partial charge in [0, 0.05) is 8.95 Å². The van der Waals surface area contributed by atoms with Gasteiger partial charge in [-0.2, -0.15) is 0 Å². The molecule has 102 valence electrons. The summed E-state index contributed by atoms with van der Waals surface area (Å²) in [5, 5.41) is 0. The zero-order valence-electron chi connectivity index (χ0n) is 10.5. The molecule has 1 aromatic heterocycles. The average Bonchev–Trinajstić information content (AvgIpc) is 2.75. The second-order valence-electron chi connectivity index (χ2n) is 4.19. The van der Waals surface area contributed by atoms with Crippen LogP contribution in [0.3, 0.4) is 0 Å². The van der Waals surface area contributed by atoms with Crippen molar-refractivity contribution < 1.29 is 4.74 Å². The molecule has 3 nitrogen and oxygen atoms in total. The Kier molecular flexibility index (Phi) is 3.70. The minimum absolute atomic E-state index is 0.622. The smallest absolute Gasteiger partial charge is 0.182 e. The molecular formula is C14H10Br2N2OS. The number of aromatic nitrogens is 2. The Labute approximate surface area is 137 Å². The molecule has 0 aliphatic heterocycles. The number of imidazole rings is 1. The molecule has 0 radical (unpaired) electrons. The summed E-state index contributed by atoms with van der Waals surface area (Å²) in [4.78, 5) is 3.21. The number of hydrogen-bond acceptors (Lipinski definition) is 2. The van der Waals surface area contributed by atoms with Gasteiger partial charge in [0.05, 0.1) is 18.3 Å². The number of aromatic amines is 1. The maximum Gasteiger partial charge on any atom is 0.182 e. The van der Waals surface area contributed by atoms with Crippen molar-refractivity contribution in [2.45, 2.75) is 0 Å². The number of halogens is 2. The van der Waals surface area contributed by atoms with Gasteiger partial charge < -0.3 is 9.72 Å². The fourth-order valence-electron chi connectivity index (χ4n) is 2.20. The summed E-state index contributed by atoms with van der Waals surface area (Å²) in [5.74, 6) is 0.774. The van der Waals surface area contributed by atoms with Gasteiger partial charge in [-0.1, -0.05) is 12.1 Å². The number of ether oxygens (including phenoxy) is 1. The van der Waals surface area contributed by atoms with Crippen molar-refractivity contribution in [3.8, 4) is 11.4 Å². The van der Waals surface area contributed by atoms with Gasteiger partial charge in [-0.15, -0.1) is 0 Å². The summed E-state index contributed by atoms with van der Waals surface area (Å²) in [6.07, 6.45) is 0. The van der Waals surface area contributed by atoms with Gasteiger partial charge in [0.2, 0.25) is 0 Å². The first kappa shape index (κ1) is 13.9. The Morgan fingerprint density at radius 2 is 1.75 bits per heavy atom. The van der Waals surface area contributed by atoms with Gasteiger partial charge in [-0.25, -0.2) is 0 Å². The summed E-state index contributed by atoms with van der Waals surface area (Å²) >= 11 is 12.6. The highest BCUT2D eigenvalue weighted by molar-refractivity contribution is 9.11. The summed E-state index contributed by atoms with van der Waals surface area (Å²) in [6.45, 7) is 0. The van der Waals surface area contributed by atoms with Crippen molar-refractivity contribution in [3.05, 3.63) is 50.1 Å². The zero-order chi connectivity index (χ0) is 14.3. The Morgan fingerprint density at radius 3 is 2.40 bits per heavy atom. The topological polar surface area (TPSA) is 29.9 Å². The maximum absolute atomic E-state index is 5.47. The van der Waals surface area contributed by atoms with E-state index in [0.717, 1.165) is 31.4 Å². The average molecular weight is 414 g/mol. The van der Waals surface area contributed by atoms with Gasteiger partial charge in [-0.3, -0.25) is 4.57 Å². The van der Waals surface area contributed by atoms with E-state index in [0.29, 0.717) is 4.77 Å². The lowest BCUT2D eigenvalue weighted by Crippen LogP contribution is -1.96. The molecule has 0 atom stereocenters. The molecule has 0 fully saturated rings. The second-order valence-corrected chi connectivity index (χ2v) is 6.29. The van der Waals surface area contributed by atoms with Gasteiger partial charge in [0.1, 0.15) is 11.3 Å². The number of hydrogen-bond donors (Lipinski definition) is 1. The van der Waals surface area contributed by atoms with Crippen molar-refractivity contribution >= 4 is 55.1 Å². The number of para-hydroxylation sites is 2.